The molecule has 0 fully saturated rings. The van der Waals surface area contributed by atoms with Gasteiger partial charge in [0.2, 0.25) is 5.91 Å². The first-order valence-corrected chi connectivity index (χ1v) is 7.24. The van der Waals surface area contributed by atoms with Crippen molar-refractivity contribution in [2.45, 2.75) is 26.3 Å². The summed E-state index contributed by atoms with van der Waals surface area (Å²) >= 11 is 6.06. The van der Waals surface area contributed by atoms with Gasteiger partial charge in [-0.3, -0.25) is 4.79 Å². The number of carbonyl (C=O) groups is 1. The number of benzene rings is 1. The zero-order valence-electron chi connectivity index (χ0n) is 13.0. The van der Waals surface area contributed by atoms with E-state index in [0.29, 0.717) is 23.9 Å². The van der Waals surface area contributed by atoms with Crippen LogP contribution in [0.3, 0.4) is 0 Å². The van der Waals surface area contributed by atoms with Gasteiger partial charge in [0.1, 0.15) is 11.8 Å². The summed E-state index contributed by atoms with van der Waals surface area (Å²) in [6.07, 6.45) is 0.790. The first-order chi connectivity index (χ1) is 9.99. The molecule has 1 aromatic carbocycles. The van der Waals surface area contributed by atoms with E-state index in [0.717, 1.165) is 17.7 Å². The van der Waals surface area contributed by atoms with Crippen molar-refractivity contribution in [2.24, 2.45) is 0 Å². The summed E-state index contributed by atoms with van der Waals surface area (Å²) in [5.74, 6) is 0.547. The topological polar surface area (TPSA) is 59.6 Å². The zero-order valence-corrected chi connectivity index (χ0v) is 13.7. The van der Waals surface area contributed by atoms with Crippen LogP contribution in [0.25, 0.3) is 0 Å². The molecule has 0 aliphatic rings. The van der Waals surface area contributed by atoms with Gasteiger partial charge in [0.25, 0.3) is 0 Å². The van der Waals surface area contributed by atoms with E-state index in [9.17, 15) is 4.79 Å². The Morgan fingerprint density at radius 2 is 2.10 bits per heavy atom. The van der Waals surface area contributed by atoms with Crippen molar-refractivity contribution in [2.75, 3.05) is 32.7 Å². The van der Waals surface area contributed by atoms with Crippen molar-refractivity contribution in [3.05, 3.63) is 22.7 Å². The number of methoxy groups -OCH3 is 2. The highest BCUT2D eigenvalue weighted by Crippen LogP contribution is 2.31. The minimum atomic E-state index is -0.373. The molecule has 118 valence electrons. The Bertz CT molecular complexity index is 480. The monoisotopic (exact) mass is 314 g/mol. The number of halogens is 1. The lowest BCUT2D eigenvalue weighted by Gasteiger charge is -2.18. The van der Waals surface area contributed by atoms with Crippen LogP contribution in [0.2, 0.25) is 5.02 Å². The van der Waals surface area contributed by atoms with Gasteiger partial charge in [0, 0.05) is 31.4 Å². The Kier molecular flexibility index (Phi) is 7.32. The molecule has 0 saturated heterocycles. The summed E-state index contributed by atoms with van der Waals surface area (Å²) in [6.45, 7) is 4.93. The molecule has 1 rings (SSSR count). The number of hydrogen-bond acceptors (Lipinski definition) is 4. The van der Waals surface area contributed by atoms with E-state index < -0.39 is 0 Å². The standard InChI is InChI=1S/C15H23ClN2O3/c1-10-8-13(14(21-4)9-12(10)16)18-11(2)15(19)17-6-5-7-20-3/h8-9,11,18H,5-7H2,1-4H3,(H,17,19). The lowest BCUT2D eigenvalue weighted by Crippen LogP contribution is -2.38. The third kappa shape index (κ3) is 5.44. The minimum Gasteiger partial charge on any atom is -0.495 e. The molecule has 0 aromatic heterocycles. The molecule has 0 aliphatic carbocycles. The zero-order chi connectivity index (χ0) is 15.8. The van der Waals surface area contributed by atoms with Crippen molar-refractivity contribution in [3.63, 3.8) is 0 Å². The Hall–Kier alpha value is -1.46. The maximum Gasteiger partial charge on any atom is 0.242 e. The van der Waals surface area contributed by atoms with Crippen LogP contribution in [0.15, 0.2) is 12.1 Å². The highest BCUT2D eigenvalue weighted by atomic mass is 35.5. The van der Waals surface area contributed by atoms with Crippen molar-refractivity contribution >= 4 is 23.2 Å². The fraction of sp³-hybridized carbons (Fsp3) is 0.533. The molecule has 0 saturated carbocycles. The predicted octanol–water partition coefficient (Wildman–Crippen LogP) is 2.61. The quantitative estimate of drug-likeness (QED) is 0.724. The molecule has 0 aliphatic heterocycles. The molecule has 0 spiro atoms. The number of hydrogen-bond donors (Lipinski definition) is 2. The van der Waals surface area contributed by atoms with E-state index in [2.05, 4.69) is 10.6 Å². The van der Waals surface area contributed by atoms with E-state index in [4.69, 9.17) is 21.1 Å². The molecule has 1 unspecified atom stereocenters. The van der Waals surface area contributed by atoms with Crippen LogP contribution in [-0.4, -0.2) is 39.3 Å². The molecule has 0 heterocycles. The van der Waals surface area contributed by atoms with E-state index in [-0.39, 0.29) is 11.9 Å². The van der Waals surface area contributed by atoms with Crippen LogP contribution in [0.1, 0.15) is 18.9 Å². The van der Waals surface area contributed by atoms with E-state index >= 15 is 0 Å². The Balaban J connectivity index is 2.63. The fourth-order valence-electron chi connectivity index (χ4n) is 1.82. The maximum absolute atomic E-state index is 12.0. The van der Waals surface area contributed by atoms with E-state index in [1.165, 1.54) is 0 Å². The second-order valence-corrected chi connectivity index (χ2v) is 5.21. The number of carbonyl (C=O) groups excluding carboxylic acids is 1. The number of amides is 1. The fourth-order valence-corrected chi connectivity index (χ4v) is 1.98. The highest BCUT2D eigenvalue weighted by Gasteiger charge is 2.15. The highest BCUT2D eigenvalue weighted by molar-refractivity contribution is 6.31. The predicted molar refractivity (Wildman–Crippen MR) is 85.3 cm³/mol. The third-order valence-electron chi connectivity index (χ3n) is 3.07. The van der Waals surface area contributed by atoms with Gasteiger partial charge in [0.05, 0.1) is 12.8 Å². The number of nitrogens with one attached hydrogen (secondary N) is 2. The molecule has 1 aromatic rings. The van der Waals surface area contributed by atoms with Gasteiger partial charge in [-0.25, -0.2) is 0 Å². The van der Waals surface area contributed by atoms with Crippen molar-refractivity contribution < 1.29 is 14.3 Å². The molecule has 1 atom stereocenters. The van der Waals surface area contributed by atoms with Crippen molar-refractivity contribution in [1.29, 1.82) is 0 Å². The molecule has 0 bridgehead atoms. The van der Waals surface area contributed by atoms with Gasteiger partial charge >= 0.3 is 0 Å². The smallest absolute Gasteiger partial charge is 0.242 e. The molecular formula is C15H23ClN2O3. The first-order valence-electron chi connectivity index (χ1n) is 6.87. The average Bonchev–Trinajstić information content (AvgIpc) is 2.46. The largest absolute Gasteiger partial charge is 0.495 e. The molecule has 6 heteroatoms. The van der Waals surface area contributed by atoms with E-state index in [1.807, 2.05) is 13.0 Å². The molecular weight excluding hydrogens is 292 g/mol. The lowest BCUT2D eigenvalue weighted by molar-refractivity contribution is -0.121. The van der Waals surface area contributed by atoms with Crippen LogP contribution in [-0.2, 0) is 9.53 Å². The van der Waals surface area contributed by atoms with Crippen molar-refractivity contribution in [3.8, 4) is 5.75 Å². The average molecular weight is 315 g/mol. The van der Waals surface area contributed by atoms with Gasteiger partial charge in [-0.15, -0.1) is 0 Å². The summed E-state index contributed by atoms with van der Waals surface area (Å²) in [5.41, 5.74) is 1.67. The van der Waals surface area contributed by atoms with Gasteiger partial charge in [-0.05, 0) is 31.9 Å². The summed E-state index contributed by atoms with van der Waals surface area (Å²) in [6, 6.07) is 3.24. The third-order valence-corrected chi connectivity index (χ3v) is 3.48. The molecule has 21 heavy (non-hydrogen) atoms. The summed E-state index contributed by atoms with van der Waals surface area (Å²) in [5, 5.41) is 6.63. The lowest BCUT2D eigenvalue weighted by atomic mass is 10.2. The van der Waals surface area contributed by atoms with Crippen molar-refractivity contribution in [1.82, 2.24) is 5.32 Å². The SMILES string of the molecule is COCCCNC(=O)C(C)Nc1cc(C)c(Cl)cc1OC. The second kappa shape index (κ2) is 8.74. The summed E-state index contributed by atoms with van der Waals surface area (Å²) in [4.78, 5) is 12.0. The summed E-state index contributed by atoms with van der Waals surface area (Å²) in [7, 11) is 3.21. The Morgan fingerprint density at radius 3 is 2.71 bits per heavy atom. The van der Waals surface area contributed by atoms with Gasteiger partial charge < -0.3 is 20.1 Å². The van der Waals surface area contributed by atoms with Gasteiger partial charge in [-0.1, -0.05) is 11.6 Å². The maximum atomic E-state index is 12.0. The Morgan fingerprint density at radius 1 is 1.38 bits per heavy atom. The number of aryl methyl sites for hydroxylation is 1. The van der Waals surface area contributed by atoms with Gasteiger partial charge in [0.15, 0.2) is 0 Å². The van der Waals surface area contributed by atoms with Crippen LogP contribution >= 0.6 is 11.6 Å². The normalized spacial score (nSPS) is 11.9. The molecule has 2 N–H and O–H groups in total. The second-order valence-electron chi connectivity index (χ2n) is 4.81. The minimum absolute atomic E-state index is 0.0687. The van der Waals surface area contributed by atoms with Gasteiger partial charge in [-0.2, -0.15) is 0 Å². The molecule has 0 radical (unpaired) electrons. The van der Waals surface area contributed by atoms with E-state index in [1.54, 1.807) is 27.2 Å². The molecule has 1 amide bonds. The summed E-state index contributed by atoms with van der Waals surface area (Å²) < 4.78 is 10.2. The molecule has 5 nitrogen and oxygen atoms in total. The number of ether oxygens (including phenoxy) is 2. The van der Waals surface area contributed by atoms with Crippen LogP contribution in [0, 0.1) is 6.92 Å². The van der Waals surface area contributed by atoms with Crippen LogP contribution < -0.4 is 15.4 Å². The number of rotatable bonds is 8. The van der Waals surface area contributed by atoms with Crippen LogP contribution in [0.5, 0.6) is 5.75 Å². The Labute approximate surface area is 131 Å². The first kappa shape index (κ1) is 17.6. The number of anilines is 1. The van der Waals surface area contributed by atoms with Crippen LogP contribution in [0.4, 0.5) is 5.69 Å².